The number of hydrogen-bond donors (Lipinski definition) is 1. The number of furan rings is 1. The van der Waals surface area contributed by atoms with Gasteiger partial charge in [0, 0.05) is 13.0 Å². The Bertz CT molecular complexity index is 696. The second kappa shape index (κ2) is 9.46. The molecule has 0 aliphatic heterocycles. The van der Waals surface area contributed by atoms with E-state index in [1.54, 1.807) is 19.1 Å². The summed E-state index contributed by atoms with van der Waals surface area (Å²) in [5.74, 6) is 0.150. The fourth-order valence-electron chi connectivity index (χ4n) is 2.02. The SMILES string of the molecule is CCOC(=O)CCCNC(=O)c1ccc(COc2ccc(F)cc2)o1. The number of carbonyl (C=O) groups is 2. The first-order chi connectivity index (χ1) is 12.1. The van der Waals surface area contributed by atoms with Gasteiger partial charge in [-0.25, -0.2) is 4.39 Å². The molecule has 0 atom stereocenters. The van der Waals surface area contributed by atoms with Gasteiger partial charge in [-0.05, 0) is 49.7 Å². The first-order valence-electron chi connectivity index (χ1n) is 7.99. The molecule has 1 aromatic carbocycles. The van der Waals surface area contributed by atoms with Crippen LogP contribution >= 0.6 is 0 Å². The molecule has 0 radical (unpaired) electrons. The topological polar surface area (TPSA) is 77.8 Å². The quantitative estimate of drug-likeness (QED) is 0.556. The van der Waals surface area contributed by atoms with E-state index in [-0.39, 0.29) is 36.5 Å². The van der Waals surface area contributed by atoms with E-state index in [9.17, 15) is 14.0 Å². The average Bonchev–Trinajstić information content (AvgIpc) is 3.07. The van der Waals surface area contributed by atoms with Crippen molar-refractivity contribution >= 4 is 11.9 Å². The summed E-state index contributed by atoms with van der Waals surface area (Å²) in [4.78, 5) is 23.1. The molecule has 2 rings (SSSR count). The van der Waals surface area contributed by atoms with Crippen LogP contribution in [0.1, 0.15) is 36.1 Å². The second-order valence-corrected chi connectivity index (χ2v) is 5.17. The van der Waals surface area contributed by atoms with E-state index in [0.29, 0.717) is 31.1 Å². The van der Waals surface area contributed by atoms with E-state index in [1.165, 1.54) is 24.3 Å². The number of nitrogens with one attached hydrogen (secondary N) is 1. The van der Waals surface area contributed by atoms with Gasteiger partial charge >= 0.3 is 5.97 Å². The van der Waals surface area contributed by atoms with Gasteiger partial charge in [-0.1, -0.05) is 0 Å². The molecule has 1 aromatic heterocycles. The Morgan fingerprint density at radius 2 is 1.92 bits per heavy atom. The molecule has 1 heterocycles. The third-order valence-electron chi connectivity index (χ3n) is 3.23. The summed E-state index contributed by atoms with van der Waals surface area (Å²) in [6.07, 6.45) is 0.745. The lowest BCUT2D eigenvalue weighted by Crippen LogP contribution is -2.24. The molecule has 0 aliphatic rings. The van der Waals surface area contributed by atoms with E-state index < -0.39 is 0 Å². The molecule has 1 N–H and O–H groups in total. The normalized spacial score (nSPS) is 10.3. The molecule has 0 saturated heterocycles. The lowest BCUT2D eigenvalue weighted by molar-refractivity contribution is -0.143. The highest BCUT2D eigenvalue weighted by Crippen LogP contribution is 2.15. The van der Waals surface area contributed by atoms with Crippen molar-refractivity contribution in [1.82, 2.24) is 5.32 Å². The number of hydrogen-bond acceptors (Lipinski definition) is 5. The van der Waals surface area contributed by atoms with Crippen molar-refractivity contribution in [3.63, 3.8) is 0 Å². The zero-order valence-corrected chi connectivity index (χ0v) is 13.9. The zero-order valence-electron chi connectivity index (χ0n) is 13.9. The largest absolute Gasteiger partial charge is 0.486 e. The maximum absolute atomic E-state index is 12.8. The van der Waals surface area contributed by atoms with Crippen molar-refractivity contribution < 1.29 is 27.9 Å². The molecule has 6 nitrogen and oxygen atoms in total. The van der Waals surface area contributed by atoms with Gasteiger partial charge in [-0.15, -0.1) is 0 Å². The van der Waals surface area contributed by atoms with Gasteiger partial charge in [0.05, 0.1) is 6.61 Å². The van der Waals surface area contributed by atoms with Gasteiger partial charge in [0.15, 0.2) is 5.76 Å². The standard InChI is InChI=1S/C18H20FNO5/c1-2-23-17(21)4-3-11-20-18(22)16-10-9-15(25-16)12-24-14-7-5-13(19)6-8-14/h5-10H,2-4,11-12H2,1H3,(H,20,22). The molecule has 0 unspecified atom stereocenters. The Balaban J connectivity index is 1.73. The Morgan fingerprint density at radius 3 is 2.64 bits per heavy atom. The van der Waals surface area contributed by atoms with E-state index in [1.807, 2.05) is 0 Å². The Labute approximate surface area is 144 Å². The maximum Gasteiger partial charge on any atom is 0.305 e. The second-order valence-electron chi connectivity index (χ2n) is 5.17. The molecule has 134 valence electrons. The smallest absolute Gasteiger partial charge is 0.305 e. The minimum atomic E-state index is -0.364. The van der Waals surface area contributed by atoms with Crippen LogP contribution in [0.2, 0.25) is 0 Å². The monoisotopic (exact) mass is 349 g/mol. The van der Waals surface area contributed by atoms with Gasteiger partial charge in [0.1, 0.15) is 23.9 Å². The third kappa shape index (κ3) is 6.29. The van der Waals surface area contributed by atoms with Crippen molar-refractivity contribution in [2.75, 3.05) is 13.2 Å². The van der Waals surface area contributed by atoms with Gasteiger partial charge in [0.25, 0.3) is 5.91 Å². The molecule has 0 fully saturated rings. The number of ether oxygens (including phenoxy) is 2. The minimum absolute atomic E-state index is 0.127. The molecule has 7 heteroatoms. The van der Waals surface area contributed by atoms with Crippen LogP contribution in [0.15, 0.2) is 40.8 Å². The van der Waals surface area contributed by atoms with E-state index >= 15 is 0 Å². The number of carbonyl (C=O) groups excluding carboxylic acids is 2. The Morgan fingerprint density at radius 1 is 1.16 bits per heavy atom. The van der Waals surface area contributed by atoms with E-state index in [2.05, 4.69) is 5.32 Å². The van der Waals surface area contributed by atoms with Gasteiger partial charge < -0.3 is 19.2 Å². The summed E-state index contributed by atoms with van der Waals surface area (Å²) in [5.41, 5.74) is 0. The highest BCUT2D eigenvalue weighted by atomic mass is 19.1. The summed E-state index contributed by atoms with van der Waals surface area (Å²) < 4.78 is 28.5. The molecular formula is C18H20FNO5. The fraction of sp³-hybridized carbons (Fsp3) is 0.333. The van der Waals surface area contributed by atoms with Gasteiger partial charge in [-0.3, -0.25) is 9.59 Å². The van der Waals surface area contributed by atoms with Crippen LogP contribution in [0, 0.1) is 5.82 Å². The average molecular weight is 349 g/mol. The van der Waals surface area contributed by atoms with Gasteiger partial charge in [0.2, 0.25) is 0 Å². The van der Waals surface area contributed by atoms with Crippen LogP contribution in [0.5, 0.6) is 5.75 Å². The lowest BCUT2D eigenvalue weighted by atomic mass is 10.3. The number of esters is 1. The summed E-state index contributed by atoms with van der Waals surface area (Å²) in [6, 6.07) is 8.80. The molecule has 0 saturated carbocycles. The minimum Gasteiger partial charge on any atom is -0.486 e. The summed E-state index contributed by atoms with van der Waals surface area (Å²) in [7, 11) is 0. The van der Waals surface area contributed by atoms with E-state index in [4.69, 9.17) is 13.9 Å². The molecular weight excluding hydrogens is 329 g/mol. The number of halogens is 1. The third-order valence-corrected chi connectivity index (χ3v) is 3.23. The Kier molecular flexibility index (Phi) is 7.00. The molecule has 0 bridgehead atoms. The Hall–Kier alpha value is -2.83. The summed E-state index contributed by atoms with van der Waals surface area (Å²) in [6.45, 7) is 2.57. The fourth-order valence-corrected chi connectivity index (χ4v) is 2.02. The molecule has 0 spiro atoms. The van der Waals surface area contributed by atoms with Crippen LogP contribution in [-0.4, -0.2) is 25.0 Å². The van der Waals surface area contributed by atoms with Crippen LogP contribution in [0.3, 0.4) is 0 Å². The van der Waals surface area contributed by atoms with Crippen molar-refractivity contribution in [3.8, 4) is 5.75 Å². The molecule has 0 aliphatic carbocycles. The summed E-state index contributed by atoms with van der Waals surface area (Å²) in [5, 5.41) is 2.67. The van der Waals surface area contributed by atoms with Crippen LogP contribution in [0.4, 0.5) is 4.39 Å². The maximum atomic E-state index is 12.8. The van der Waals surface area contributed by atoms with Gasteiger partial charge in [-0.2, -0.15) is 0 Å². The van der Waals surface area contributed by atoms with Crippen LogP contribution < -0.4 is 10.1 Å². The lowest BCUT2D eigenvalue weighted by Gasteiger charge is -2.04. The molecule has 1 amide bonds. The summed E-state index contributed by atoms with van der Waals surface area (Å²) >= 11 is 0. The van der Waals surface area contributed by atoms with Crippen molar-refractivity contribution in [2.45, 2.75) is 26.4 Å². The molecule has 2 aromatic rings. The first kappa shape index (κ1) is 18.5. The van der Waals surface area contributed by atoms with Crippen molar-refractivity contribution in [3.05, 3.63) is 53.7 Å². The first-order valence-corrected chi connectivity index (χ1v) is 7.99. The highest BCUT2D eigenvalue weighted by molar-refractivity contribution is 5.91. The predicted molar refractivity (Wildman–Crippen MR) is 87.6 cm³/mol. The van der Waals surface area contributed by atoms with Crippen LogP contribution in [0.25, 0.3) is 0 Å². The van der Waals surface area contributed by atoms with Crippen molar-refractivity contribution in [2.24, 2.45) is 0 Å². The predicted octanol–water partition coefficient (Wildman–Crippen LogP) is 3.07. The van der Waals surface area contributed by atoms with Crippen molar-refractivity contribution in [1.29, 1.82) is 0 Å². The highest BCUT2D eigenvalue weighted by Gasteiger charge is 2.11. The molecule has 25 heavy (non-hydrogen) atoms. The number of benzene rings is 1. The number of amides is 1. The van der Waals surface area contributed by atoms with E-state index in [0.717, 1.165) is 0 Å². The zero-order chi connectivity index (χ0) is 18.1. The van der Waals surface area contributed by atoms with Crippen LogP contribution in [-0.2, 0) is 16.1 Å². The number of rotatable bonds is 9.